The Hall–Kier alpha value is -2.71. The minimum atomic E-state index is -4.56. The molecule has 3 aromatic rings. The first-order chi connectivity index (χ1) is 17.4. The molecule has 0 spiro atoms. The van der Waals surface area contributed by atoms with Gasteiger partial charge in [0, 0.05) is 22.6 Å². The molecule has 5 nitrogen and oxygen atoms in total. The quantitative estimate of drug-likeness (QED) is 0.328. The van der Waals surface area contributed by atoms with E-state index in [1.807, 2.05) is 19.9 Å². The average Bonchev–Trinajstić information content (AvgIpc) is 3.35. The molecule has 1 fully saturated rings. The molecule has 0 saturated heterocycles. The summed E-state index contributed by atoms with van der Waals surface area (Å²) in [4.78, 5) is 36.2. The molecule has 1 aromatic heterocycles. The Morgan fingerprint density at radius 2 is 1.73 bits per heavy atom. The van der Waals surface area contributed by atoms with Gasteiger partial charge in [-0.05, 0) is 66.6 Å². The van der Waals surface area contributed by atoms with Gasteiger partial charge in [-0.2, -0.15) is 18.2 Å². The van der Waals surface area contributed by atoms with Gasteiger partial charge >= 0.3 is 11.9 Å². The molecule has 0 radical (unpaired) electrons. The zero-order valence-electron chi connectivity index (χ0n) is 20.4. The highest BCUT2D eigenvalue weighted by molar-refractivity contribution is 6.33. The molecule has 0 unspecified atom stereocenters. The van der Waals surface area contributed by atoms with Crippen LogP contribution >= 0.6 is 23.2 Å². The Bertz CT molecular complexity index is 1380. The molecule has 4 rings (SSSR count). The predicted octanol–water partition coefficient (Wildman–Crippen LogP) is 7.55. The molecule has 1 aliphatic rings. The van der Waals surface area contributed by atoms with Crippen molar-refractivity contribution in [3.8, 4) is 22.8 Å². The van der Waals surface area contributed by atoms with Gasteiger partial charge in [0.2, 0.25) is 0 Å². The van der Waals surface area contributed by atoms with Crippen LogP contribution in [-0.2, 0) is 11.2 Å². The van der Waals surface area contributed by atoms with E-state index in [0.717, 1.165) is 5.56 Å². The zero-order chi connectivity index (χ0) is 27.0. The number of nitrogens with one attached hydrogen (secondary N) is 1. The maximum atomic E-state index is 13.7. The Balaban J connectivity index is 1.63. The number of carbonyl (C=O) groups is 1. The monoisotopic (exact) mass is 551 g/mol. The van der Waals surface area contributed by atoms with Crippen LogP contribution < -0.4 is 5.69 Å². The summed E-state index contributed by atoms with van der Waals surface area (Å²) in [6.07, 6.45) is -4.21. The van der Waals surface area contributed by atoms with Crippen LogP contribution in [0.25, 0.3) is 22.8 Å². The van der Waals surface area contributed by atoms with Gasteiger partial charge in [-0.25, -0.2) is 9.78 Å². The predicted molar refractivity (Wildman–Crippen MR) is 138 cm³/mol. The lowest BCUT2D eigenvalue weighted by atomic mass is 9.78. The van der Waals surface area contributed by atoms with Crippen molar-refractivity contribution in [3.05, 3.63) is 68.1 Å². The molecule has 0 amide bonds. The van der Waals surface area contributed by atoms with Crippen molar-refractivity contribution in [1.29, 1.82) is 0 Å². The molecule has 196 valence electrons. The number of rotatable bonds is 7. The fraction of sp³-hybridized carbons (Fsp3) is 0.407. The molecule has 0 bridgehead atoms. The minimum Gasteiger partial charge on any atom is -0.299 e. The van der Waals surface area contributed by atoms with E-state index in [4.69, 9.17) is 23.2 Å². The summed E-state index contributed by atoms with van der Waals surface area (Å²) in [6, 6.07) is 10.1. The van der Waals surface area contributed by atoms with Gasteiger partial charge < -0.3 is 0 Å². The van der Waals surface area contributed by atoms with Gasteiger partial charge in [0.1, 0.15) is 17.0 Å². The van der Waals surface area contributed by atoms with E-state index >= 15 is 0 Å². The number of alkyl halides is 3. The third kappa shape index (κ3) is 5.60. The summed E-state index contributed by atoms with van der Waals surface area (Å²) in [6.45, 7) is 3.99. The number of carbonyl (C=O) groups excluding carboxylic acids is 1. The third-order valence-electron chi connectivity index (χ3n) is 6.99. The second-order valence-electron chi connectivity index (χ2n) is 9.74. The van der Waals surface area contributed by atoms with Crippen molar-refractivity contribution in [2.24, 2.45) is 5.41 Å². The van der Waals surface area contributed by atoms with Gasteiger partial charge in [0.05, 0.1) is 5.02 Å². The number of hydrogen-bond donors (Lipinski definition) is 1. The molecule has 10 heteroatoms. The van der Waals surface area contributed by atoms with Crippen molar-refractivity contribution < 1.29 is 18.0 Å². The van der Waals surface area contributed by atoms with Crippen LogP contribution in [0.2, 0.25) is 10.0 Å². The number of aromatic nitrogens is 3. The van der Waals surface area contributed by atoms with E-state index < -0.39 is 23.1 Å². The second-order valence-corrected chi connectivity index (χ2v) is 10.6. The molecule has 1 heterocycles. The van der Waals surface area contributed by atoms with E-state index in [1.54, 1.807) is 30.3 Å². The smallest absolute Gasteiger partial charge is 0.299 e. The van der Waals surface area contributed by atoms with E-state index in [0.29, 0.717) is 34.6 Å². The molecule has 0 atom stereocenters. The summed E-state index contributed by atoms with van der Waals surface area (Å²) in [5.74, 6) is -0.294. The molecular formula is C27H26Cl2F3N3O2. The number of hydrogen-bond acceptors (Lipinski definition) is 4. The van der Waals surface area contributed by atoms with Crippen LogP contribution in [-0.4, -0.2) is 26.9 Å². The summed E-state index contributed by atoms with van der Waals surface area (Å²) >= 11 is 12.7. The van der Waals surface area contributed by atoms with Crippen LogP contribution in [0, 0.1) is 5.41 Å². The van der Waals surface area contributed by atoms with Crippen molar-refractivity contribution >= 4 is 29.0 Å². The van der Waals surface area contributed by atoms with Gasteiger partial charge in [0.15, 0.2) is 5.82 Å². The Labute approximate surface area is 222 Å². The topological polar surface area (TPSA) is 75.7 Å². The Morgan fingerprint density at radius 3 is 2.38 bits per heavy atom. The number of aryl methyl sites for hydroxylation is 1. The molecular weight excluding hydrogens is 526 g/mol. The van der Waals surface area contributed by atoms with Gasteiger partial charge in [-0.3, -0.25) is 9.78 Å². The highest BCUT2D eigenvalue weighted by Crippen LogP contribution is 2.51. The molecule has 1 saturated carbocycles. The first-order valence-electron chi connectivity index (χ1n) is 12.1. The summed E-state index contributed by atoms with van der Waals surface area (Å²) in [7, 11) is 0. The fourth-order valence-electron chi connectivity index (χ4n) is 4.87. The van der Waals surface area contributed by atoms with Crippen LogP contribution in [0.1, 0.15) is 63.0 Å². The molecule has 1 aliphatic carbocycles. The summed E-state index contributed by atoms with van der Waals surface area (Å²) in [5, 5.41) is 0.885. The van der Waals surface area contributed by atoms with E-state index in [9.17, 15) is 22.8 Å². The van der Waals surface area contributed by atoms with Crippen LogP contribution in [0.15, 0.2) is 41.2 Å². The number of aromatic amines is 1. The highest BCUT2D eigenvalue weighted by atomic mass is 35.5. The SMILES string of the molecule is CC(C)c1cc(-c2nc(-c3cc(CCC(=O)C4(C(F)(F)F)CCCC4)ccc3Cl)[nH]c(=O)n2)ccc1Cl. The van der Waals surface area contributed by atoms with E-state index in [1.165, 1.54) is 0 Å². The zero-order valence-corrected chi connectivity index (χ0v) is 21.9. The number of nitrogens with zero attached hydrogens (tertiary/aromatic N) is 2. The number of H-pyrrole nitrogens is 1. The largest absolute Gasteiger partial charge is 0.401 e. The van der Waals surface area contributed by atoms with Gasteiger partial charge in [-0.15, -0.1) is 0 Å². The van der Waals surface area contributed by atoms with E-state index in [-0.39, 0.29) is 48.3 Å². The van der Waals surface area contributed by atoms with Crippen molar-refractivity contribution in [3.63, 3.8) is 0 Å². The second kappa shape index (κ2) is 10.6. The fourth-order valence-corrected chi connectivity index (χ4v) is 5.41. The average molecular weight is 552 g/mol. The van der Waals surface area contributed by atoms with Crippen molar-refractivity contribution in [1.82, 2.24) is 15.0 Å². The Kier molecular flexibility index (Phi) is 7.81. The van der Waals surface area contributed by atoms with Crippen molar-refractivity contribution in [2.75, 3.05) is 0 Å². The highest BCUT2D eigenvalue weighted by Gasteiger charge is 2.59. The Morgan fingerprint density at radius 1 is 1.05 bits per heavy atom. The van der Waals surface area contributed by atoms with E-state index in [2.05, 4.69) is 15.0 Å². The number of halogens is 5. The molecule has 1 N–H and O–H groups in total. The van der Waals surface area contributed by atoms with Crippen LogP contribution in [0.3, 0.4) is 0 Å². The maximum absolute atomic E-state index is 13.7. The molecule has 2 aromatic carbocycles. The molecule has 0 aliphatic heterocycles. The van der Waals surface area contributed by atoms with Gasteiger partial charge in [0.25, 0.3) is 0 Å². The van der Waals surface area contributed by atoms with Crippen LogP contribution in [0.4, 0.5) is 13.2 Å². The first-order valence-corrected chi connectivity index (χ1v) is 12.8. The first kappa shape index (κ1) is 27.3. The lowest BCUT2D eigenvalue weighted by Gasteiger charge is -2.30. The third-order valence-corrected chi connectivity index (χ3v) is 7.66. The summed E-state index contributed by atoms with van der Waals surface area (Å²) in [5.41, 5.74) is -0.399. The number of benzene rings is 2. The van der Waals surface area contributed by atoms with Crippen molar-refractivity contribution in [2.45, 2.75) is 64.5 Å². The lowest BCUT2D eigenvalue weighted by molar-refractivity contribution is -0.218. The molecule has 37 heavy (non-hydrogen) atoms. The minimum absolute atomic E-state index is 0.109. The number of ketones is 1. The van der Waals surface area contributed by atoms with Gasteiger partial charge in [-0.1, -0.05) is 56.0 Å². The summed E-state index contributed by atoms with van der Waals surface area (Å²) < 4.78 is 41.2. The lowest BCUT2D eigenvalue weighted by Crippen LogP contribution is -2.42. The normalized spacial score (nSPS) is 15.4. The maximum Gasteiger partial charge on any atom is 0.401 e. The standard InChI is InChI=1S/C27H26Cl2F3N3O2/c1-15(2)18-14-17(7-9-20(18)28)23-33-24(35-25(37)34-23)19-13-16(5-8-21(19)29)6-10-22(36)26(27(30,31)32)11-3-4-12-26/h5,7-9,13-15H,3-4,6,10-12H2,1-2H3,(H,33,34,35,37). The van der Waals surface area contributed by atoms with Crippen LogP contribution in [0.5, 0.6) is 0 Å². The number of Topliss-reactive ketones (excluding diaryl/α,β-unsaturated/α-hetero) is 1.